The molecule has 4 rings (SSSR count). The molecule has 2 aromatic carbocycles. The molecule has 25 heavy (non-hydrogen) atoms. The monoisotopic (exact) mass is 329 g/mol. The first kappa shape index (κ1) is 15.3. The van der Waals surface area contributed by atoms with Gasteiger partial charge >= 0.3 is 0 Å². The molecule has 0 fully saturated rings. The number of hydrogen-bond donors (Lipinski definition) is 2. The van der Waals surface area contributed by atoms with Crippen LogP contribution in [0.1, 0.15) is 0 Å². The summed E-state index contributed by atoms with van der Waals surface area (Å²) in [5.41, 5.74) is 6.20. The van der Waals surface area contributed by atoms with E-state index in [1.165, 1.54) is 0 Å². The van der Waals surface area contributed by atoms with E-state index in [4.69, 9.17) is 0 Å². The molecule has 0 aliphatic carbocycles. The topological polar surface area (TPSA) is 52.2 Å². The first-order valence-electron chi connectivity index (χ1n) is 8.16. The number of aromatic amines is 1. The highest BCUT2D eigenvalue weighted by atomic mass is 16.3. The van der Waals surface area contributed by atoms with Crippen LogP contribution in [-0.2, 0) is 0 Å². The molecule has 0 atom stereocenters. The van der Waals surface area contributed by atoms with Crippen molar-refractivity contribution in [1.29, 1.82) is 0 Å². The predicted molar refractivity (Wildman–Crippen MR) is 103 cm³/mol. The maximum absolute atomic E-state index is 9.73. The van der Waals surface area contributed by atoms with Crippen molar-refractivity contribution in [2.24, 2.45) is 0 Å². The summed E-state index contributed by atoms with van der Waals surface area (Å²) in [5, 5.41) is 10.8. The van der Waals surface area contributed by atoms with Gasteiger partial charge in [-0.3, -0.25) is 0 Å². The van der Waals surface area contributed by atoms with Gasteiger partial charge in [-0.2, -0.15) is 0 Å². The van der Waals surface area contributed by atoms with Crippen LogP contribution in [0, 0.1) is 0 Å². The highest BCUT2D eigenvalue weighted by molar-refractivity contribution is 5.96. The molecule has 0 aliphatic rings. The maximum Gasteiger partial charge on any atom is 0.137 e. The third kappa shape index (κ3) is 2.83. The van der Waals surface area contributed by atoms with E-state index < -0.39 is 0 Å². The van der Waals surface area contributed by atoms with Crippen LogP contribution in [0.5, 0.6) is 5.75 Å². The van der Waals surface area contributed by atoms with Gasteiger partial charge in [-0.05, 0) is 41.5 Å². The van der Waals surface area contributed by atoms with Crippen LogP contribution in [0.3, 0.4) is 0 Å². The van der Waals surface area contributed by atoms with Crippen molar-refractivity contribution in [2.45, 2.75) is 0 Å². The van der Waals surface area contributed by atoms with Crippen LogP contribution in [0.15, 0.2) is 67.0 Å². The van der Waals surface area contributed by atoms with E-state index >= 15 is 0 Å². The smallest absolute Gasteiger partial charge is 0.137 e. The molecule has 0 saturated heterocycles. The Morgan fingerprint density at radius 3 is 2.52 bits per heavy atom. The second-order valence-electron chi connectivity index (χ2n) is 6.32. The van der Waals surface area contributed by atoms with Crippen LogP contribution in [0.2, 0.25) is 0 Å². The first-order valence-corrected chi connectivity index (χ1v) is 8.16. The number of fused-ring (bicyclic) bond motifs is 1. The summed E-state index contributed by atoms with van der Waals surface area (Å²) in [6, 6.07) is 17.8. The normalized spacial score (nSPS) is 11.0. The van der Waals surface area contributed by atoms with Gasteiger partial charge in [-0.1, -0.05) is 24.3 Å². The summed E-state index contributed by atoms with van der Waals surface area (Å²) in [6.45, 7) is 0. The van der Waals surface area contributed by atoms with Gasteiger partial charge in [-0.15, -0.1) is 0 Å². The van der Waals surface area contributed by atoms with Crippen molar-refractivity contribution in [2.75, 3.05) is 19.0 Å². The number of phenolic OH excluding ortho intramolecular Hbond substituents is 1. The highest BCUT2D eigenvalue weighted by Crippen LogP contribution is 2.33. The Kier molecular flexibility index (Phi) is 3.65. The molecule has 0 radical (unpaired) electrons. The van der Waals surface area contributed by atoms with Gasteiger partial charge in [0.15, 0.2) is 0 Å². The quantitative estimate of drug-likeness (QED) is 0.574. The number of nitrogens with zero attached hydrogens (tertiary/aromatic N) is 2. The van der Waals surface area contributed by atoms with E-state index in [0.717, 1.165) is 39.0 Å². The van der Waals surface area contributed by atoms with Crippen molar-refractivity contribution in [3.8, 4) is 28.0 Å². The van der Waals surface area contributed by atoms with E-state index in [2.05, 4.69) is 45.2 Å². The van der Waals surface area contributed by atoms with Crippen LogP contribution in [-0.4, -0.2) is 29.2 Å². The summed E-state index contributed by atoms with van der Waals surface area (Å²) in [6.07, 6.45) is 3.83. The zero-order chi connectivity index (χ0) is 17.4. The van der Waals surface area contributed by atoms with Gasteiger partial charge in [0.2, 0.25) is 0 Å². The lowest BCUT2D eigenvalue weighted by molar-refractivity contribution is 0.475. The molecule has 2 heterocycles. The number of nitrogens with one attached hydrogen (secondary N) is 1. The average molecular weight is 329 g/mol. The summed E-state index contributed by atoms with van der Waals surface area (Å²) in [7, 11) is 4.08. The Morgan fingerprint density at radius 2 is 1.72 bits per heavy atom. The van der Waals surface area contributed by atoms with E-state index in [0.29, 0.717) is 0 Å². The fraction of sp³-hybridized carbons (Fsp3) is 0.0952. The molecule has 4 heteroatoms. The van der Waals surface area contributed by atoms with E-state index in [1.807, 2.05) is 38.6 Å². The Morgan fingerprint density at radius 1 is 0.920 bits per heavy atom. The Bertz CT molecular complexity index is 1050. The van der Waals surface area contributed by atoms with Crippen molar-refractivity contribution in [1.82, 2.24) is 9.97 Å². The predicted octanol–water partition coefficient (Wildman–Crippen LogP) is 4.67. The van der Waals surface area contributed by atoms with Crippen molar-refractivity contribution in [3.05, 3.63) is 67.0 Å². The minimum Gasteiger partial charge on any atom is -0.508 e. The second kappa shape index (κ2) is 5.98. The molecule has 0 spiro atoms. The lowest BCUT2D eigenvalue weighted by atomic mass is 10.0. The molecular weight excluding hydrogens is 310 g/mol. The fourth-order valence-corrected chi connectivity index (χ4v) is 3.04. The van der Waals surface area contributed by atoms with Gasteiger partial charge in [0.25, 0.3) is 0 Å². The Hall–Kier alpha value is -3.27. The summed E-state index contributed by atoms with van der Waals surface area (Å²) >= 11 is 0. The Labute approximate surface area is 146 Å². The van der Waals surface area contributed by atoms with Gasteiger partial charge in [-0.25, -0.2) is 4.98 Å². The zero-order valence-electron chi connectivity index (χ0n) is 14.2. The second-order valence-corrected chi connectivity index (χ2v) is 6.32. The standard InChI is InChI=1S/C21H19N3O/c1-24(2)17-7-3-6-15(9-17)20-13-23-21-19(20)11-16(12-22-21)14-5-4-8-18(25)10-14/h3-13,25H,1-2H3,(H,22,23). The number of benzene rings is 2. The number of aromatic nitrogens is 2. The molecular formula is C21H19N3O. The van der Waals surface area contributed by atoms with Crippen LogP contribution < -0.4 is 4.90 Å². The van der Waals surface area contributed by atoms with Crippen LogP contribution in [0.25, 0.3) is 33.3 Å². The van der Waals surface area contributed by atoms with Gasteiger partial charge < -0.3 is 15.0 Å². The van der Waals surface area contributed by atoms with Crippen LogP contribution in [0.4, 0.5) is 5.69 Å². The number of anilines is 1. The lowest BCUT2D eigenvalue weighted by Gasteiger charge is -2.13. The lowest BCUT2D eigenvalue weighted by Crippen LogP contribution is -2.08. The van der Waals surface area contributed by atoms with E-state index in [-0.39, 0.29) is 5.75 Å². The van der Waals surface area contributed by atoms with Crippen molar-refractivity contribution < 1.29 is 5.11 Å². The van der Waals surface area contributed by atoms with Gasteiger partial charge in [0, 0.05) is 48.7 Å². The first-order chi connectivity index (χ1) is 12.1. The number of H-pyrrole nitrogens is 1. The SMILES string of the molecule is CN(C)c1cccc(-c2c[nH]c3ncc(-c4cccc(O)c4)cc23)c1. The average Bonchev–Trinajstić information content (AvgIpc) is 3.05. The third-order valence-electron chi connectivity index (χ3n) is 4.38. The number of phenols is 1. The summed E-state index contributed by atoms with van der Waals surface area (Å²) in [5.74, 6) is 0.255. The zero-order valence-corrected chi connectivity index (χ0v) is 14.2. The van der Waals surface area contributed by atoms with Crippen LogP contribution >= 0.6 is 0 Å². The summed E-state index contributed by atoms with van der Waals surface area (Å²) < 4.78 is 0. The number of aromatic hydroxyl groups is 1. The molecule has 0 amide bonds. The largest absolute Gasteiger partial charge is 0.508 e. The molecule has 0 saturated carbocycles. The van der Waals surface area contributed by atoms with Gasteiger partial charge in [0.05, 0.1) is 0 Å². The molecule has 2 N–H and O–H groups in total. The molecule has 4 nitrogen and oxygen atoms in total. The van der Waals surface area contributed by atoms with Gasteiger partial charge in [0.1, 0.15) is 11.4 Å². The molecule has 0 bridgehead atoms. The molecule has 124 valence electrons. The fourth-order valence-electron chi connectivity index (χ4n) is 3.04. The van der Waals surface area contributed by atoms with E-state index in [1.54, 1.807) is 12.1 Å². The number of hydrogen-bond acceptors (Lipinski definition) is 3. The number of pyridine rings is 1. The minimum atomic E-state index is 0.255. The molecule has 0 unspecified atom stereocenters. The molecule has 4 aromatic rings. The van der Waals surface area contributed by atoms with Crippen molar-refractivity contribution >= 4 is 16.7 Å². The third-order valence-corrected chi connectivity index (χ3v) is 4.38. The molecule has 2 aromatic heterocycles. The van der Waals surface area contributed by atoms with E-state index in [9.17, 15) is 5.11 Å². The maximum atomic E-state index is 9.73. The summed E-state index contributed by atoms with van der Waals surface area (Å²) in [4.78, 5) is 9.89. The molecule has 0 aliphatic heterocycles. The Balaban J connectivity index is 1.86. The van der Waals surface area contributed by atoms with Crippen molar-refractivity contribution in [3.63, 3.8) is 0 Å². The number of rotatable bonds is 3. The minimum absolute atomic E-state index is 0.255. The highest BCUT2D eigenvalue weighted by Gasteiger charge is 2.10.